The lowest BCUT2D eigenvalue weighted by molar-refractivity contribution is -0.114. The summed E-state index contributed by atoms with van der Waals surface area (Å²) in [4.78, 5) is 12.5. The summed E-state index contributed by atoms with van der Waals surface area (Å²) in [5.74, 6) is -1.13. The molecule has 7 heteroatoms. The number of rotatable bonds is 6. The number of hydrogen-bond donors (Lipinski definition) is 1. The maximum atomic E-state index is 13.7. The molecule has 0 radical (unpaired) electrons. The van der Waals surface area contributed by atoms with E-state index in [1.54, 1.807) is 48.5 Å². The van der Waals surface area contributed by atoms with Crippen LogP contribution in [-0.4, -0.2) is 20.9 Å². The van der Waals surface area contributed by atoms with E-state index in [2.05, 4.69) is 5.32 Å². The SMILES string of the molecule is O=C(CN(c1cccc(F)c1)S(=O)(=O)c1ccccc1)Nc1ccccc1. The minimum absolute atomic E-state index is 0.0155. The van der Waals surface area contributed by atoms with Crippen molar-refractivity contribution in [3.8, 4) is 0 Å². The number of sulfonamides is 1. The van der Waals surface area contributed by atoms with E-state index in [4.69, 9.17) is 0 Å². The summed E-state index contributed by atoms with van der Waals surface area (Å²) in [6, 6.07) is 21.5. The lowest BCUT2D eigenvalue weighted by Gasteiger charge is -2.24. The molecule has 0 saturated heterocycles. The van der Waals surface area contributed by atoms with Crippen molar-refractivity contribution in [3.63, 3.8) is 0 Å². The summed E-state index contributed by atoms with van der Waals surface area (Å²) in [5.41, 5.74) is 0.612. The molecule has 0 heterocycles. The fraction of sp³-hybridized carbons (Fsp3) is 0.0500. The molecule has 0 aliphatic carbocycles. The molecule has 0 bridgehead atoms. The Morgan fingerprint density at radius 3 is 2.15 bits per heavy atom. The van der Waals surface area contributed by atoms with Gasteiger partial charge in [-0.3, -0.25) is 9.10 Å². The van der Waals surface area contributed by atoms with Crippen LogP contribution in [0.4, 0.5) is 15.8 Å². The van der Waals surface area contributed by atoms with Crippen LogP contribution in [0, 0.1) is 5.82 Å². The maximum absolute atomic E-state index is 13.7. The number of anilines is 2. The quantitative estimate of drug-likeness (QED) is 0.705. The Hall–Kier alpha value is -3.19. The Kier molecular flexibility index (Phi) is 5.52. The van der Waals surface area contributed by atoms with Crippen molar-refractivity contribution < 1.29 is 17.6 Å². The van der Waals surface area contributed by atoms with E-state index < -0.39 is 28.3 Å². The zero-order valence-electron chi connectivity index (χ0n) is 14.2. The smallest absolute Gasteiger partial charge is 0.264 e. The average molecular weight is 384 g/mol. The number of nitrogens with zero attached hydrogens (tertiary/aromatic N) is 1. The van der Waals surface area contributed by atoms with E-state index in [0.717, 1.165) is 10.4 Å². The fourth-order valence-corrected chi connectivity index (χ4v) is 3.95. The van der Waals surface area contributed by atoms with Gasteiger partial charge in [0.15, 0.2) is 0 Å². The van der Waals surface area contributed by atoms with Gasteiger partial charge in [0.2, 0.25) is 5.91 Å². The van der Waals surface area contributed by atoms with Gasteiger partial charge in [0, 0.05) is 5.69 Å². The molecule has 1 amide bonds. The van der Waals surface area contributed by atoms with Crippen molar-refractivity contribution in [2.75, 3.05) is 16.2 Å². The highest BCUT2D eigenvalue weighted by atomic mass is 32.2. The normalized spacial score (nSPS) is 11.0. The topological polar surface area (TPSA) is 66.5 Å². The lowest BCUT2D eigenvalue weighted by Crippen LogP contribution is -2.38. The lowest BCUT2D eigenvalue weighted by atomic mass is 10.3. The van der Waals surface area contributed by atoms with Gasteiger partial charge < -0.3 is 5.32 Å². The monoisotopic (exact) mass is 384 g/mol. The highest BCUT2D eigenvalue weighted by molar-refractivity contribution is 7.92. The van der Waals surface area contributed by atoms with Crippen LogP contribution < -0.4 is 9.62 Å². The van der Waals surface area contributed by atoms with E-state index in [-0.39, 0.29) is 10.6 Å². The maximum Gasteiger partial charge on any atom is 0.264 e. The standard InChI is InChI=1S/C20H17FN2O3S/c21-16-8-7-11-18(14-16)23(27(25,26)19-12-5-2-6-13-19)15-20(24)22-17-9-3-1-4-10-17/h1-14H,15H2,(H,22,24). The van der Waals surface area contributed by atoms with Crippen LogP contribution >= 0.6 is 0 Å². The number of carbonyl (C=O) groups excluding carboxylic acids is 1. The highest BCUT2D eigenvalue weighted by Gasteiger charge is 2.27. The summed E-state index contributed by atoms with van der Waals surface area (Å²) >= 11 is 0. The van der Waals surface area contributed by atoms with Crippen molar-refractivity contribution in [2.24, 2.45) is 0 Å². The van der Waals surface area contributed by atoms with Crippen molar-refractivity contribution in [3.05, 3.63) is 90.7 Å². The van der Waals surface area contributed by atoms with Gasteiger partial charge in [-0.25, -0.2) is 12.8 Å². The fourth-order valence-electron chi connectivity index (χ4n) is 2.52. The number of para-hydroxylation sites is 1. The highest BCUT2D eigenvalue weighted by Crippen LogP contribution is 2.24. The van der Waals surface area contributed by atoms with Crippen LogP contribution in [0.5, 0.6) is 0 Å². The van der Waals surface area contributed by atoms with Crippen molar-refractivity contribution in [2.45, 2.75) is 4.90 Å². The summed E-state index contributed by atoms with van der Waals surface area (Å²) < 4.78 is 40.7. The molecule has 0 aromatic heterocycles. The van der Waals surface area contributed by atoms with Gasteiger partial charge in [0.1, 0.15) is 12.4 Å². The largest absolute Gasteiger partial charge is 0.325 e. The first-order valence-corrected chi connectivity index (χ1v) is 9.59. The summed E-state index contributed by atoms with van der Waals surface area (Å²) in [6.45, 7) is -0.491. The summed E-state index contributed by atoms with van der Waals surface area (Å²) in [5, 5.41) is 2.64. The molecule has 0 unspecified atom stereocenters. The molecule has 0 aliphatic heterocycles. The molecule has 3 aromatic rings. The van der Waals surface area contributed by atoms with Gasteiger partial charge >= 0.3 is 0 Å². The van der Waals surface area contributed by atoms with Crippen LogP contribution in [0.3, 0.4) is 0 Å². The predicted molar refractivity (Wildman–Crippen MR) is 102 cm³/mol. The van der Waals surface area contributed by atoms with Gasteiger partial charge in [-0.2, -0.15) is 0 Å². The molecule has 5 nitrogen and oxygen atoms in total. The minimum Gasteiger partial charge on any atom is -0.325 e. The number of carbonyl (C=O) groups is 1. The second-order valence-electron chi connectivity index (χ2n) is 5.72. The van der Waals surface area contributed by atoms with Gasteiger partial charge in [-0.15, -0.1) is 0 Å². The molecule has 3 rings (SSSR count). The number of nitrogens with one attached hydrogen (secondary N) is 1. The molecule has 138 valence electrons. The summed E-state index contributed by atoms with van der Waals surface area (Å²) in [7, 11) is -4.05. The summed E-state index contributed by atoms with van der Waals surface area (Å²) in [6.07, 6.45) is 0. The average Bonchev–Trinajstić information content (AvgIpc) is 2.67. The second kappa shape index (κ2) is 8.01. The van der Waals surface area contributed by atoms with Crippen molar-refractivity contribution in [1.82, 2.24) is 0 Å². The number of halogens is 1. The second-order valence-corrected chi connectivity index (χ2v) is 7.58. The third-order valence-corrected chi connectivity index (χ3v) is 5.56. The molecule has 0 fully saturated rings. The van der Waals surface area contributed by atoms with Gasteiger partial charge in [-0.1, -0.05) is 42.5 Å². The molecular weight excluding hydrogens is 367 g/mol. The van der Waals surface area contributed by atoms with E-state index in [9.17, 15) is 17.6 Å². The van der Waals surface area contributed by atoms with Crippen molar-refractivity contribution >= 4 is 27.3 Å². The Morgan fingerprint density at radius 2 is 1.52 bits per heavy atom. The Bertz CT molecular complexity index is 1030. The third kappa shape index (κ3) is 4.51. The molecule has 0 atom stereocenters. The van der Waals surface area contributed by atoms with Gasteiger partial charge in [0.05, 0.1) is 10.6 Å². The Balaban J connectivity index is 1.94. The molecule has 1 N–H and O–H groups in total. The first-order valence-electron chi connectivity index (χ1n) is 8.15. The predicted octanol–water partition coefficient (Wildman–Crippen LogP) is 3.66. The molecular formula is C20H17FN2O3S. The van der Waals surface area contributed by atoms with Crippen LogP contribution in [0.15, 0.2) is 89.8 Å². The van der Waals surface area contributed by atoms with E-state index in [1.165, 1.54) is 30.3 Å². The van der Waals surface area contributed by atoms with Crippen LogP contribution in [0.2, 0.25) is 0 Å². The van der Waals surface area contributed by atoms with E-state index in [1.807, 2.05) is 0 Å². The first kappa shape index (κ1) is 18.6. The van der Waals surface area contributed by atoms with E-state index in [0.29, 0.717) is 5.69 Å². The van der Waals surface area contributed by atoms with E-state index >= 15 is 0 Å². The molecule has 0 saturated carbocycles. The molecule has 0 aliphatic rings. The van der Waals surface area contributed by atoms with Crippen LogP contribution in [0.1, 0.15) is 0 Å². The molecule has 0 spiro atoms. The zero-order chi connectivity index (χ0) is 19.3. The third-order valence-electron chi connectivity index (χ3n) is 3.77. The molecule has 27 heavy (non-hydrogen) atoms. The molecule has 3 aromatic carbocycles. The minimum atomic E-state index is -4.05. The zero-order valence-corrected chi connectivity index (χ0v) is 15.1. The first-order chi connectivity index (χ1) is 13.0. The Labute approximate surface area is 157 Å². The van der Waals surface area contributed by atoms with Gasteiger partial charge in [0.25, 0.3) is 10.0 Å². The van der Waals surface area contributed by atoms with Crippen molar-refractivity contribution in [1.29, 1.82) is 0 Å². The number of amides is 1. The van der Waals surface area contributed by atoms with Gasteiger partial charge in [-0.05, 0) is 42.5 Å². The van der Waals surface area contributed by atoms with Crippen LogP contribution in [-0.2, 0) is 14.8 Å². The number of hydrogen-bond acceptors (Lipinski definition) is 3. The van der Waals surface area contributed by atoms with Crippen LogP contribution in [0.25, 0.3) is 0 Å². The number of benzene rings is 3. The Morgan fingerprint density at radius 1 is 0.889 bits per heavy atom.